The van der Waals surface area contributed by atoms with Gasteiger partial charge in [-0.3, -0.25) is 29.7 Å². The van der Waals surface area contributed by atoms with Gasteiger partial charge in [-0.25, -0.2) is 0 Å². The van der Waals surface area contributed by atoms with Gasteiger partial charge in [0.1, 0.15) is 12.0 Å². The Morgan fingerprint density at radius 2 is 1.78 bits per heavy atom. The van der Waals surface area contributed by atoms with Gasteiger partial charge in [0.05, 0.1) is 11.3 Å². The third kappa shape index (κ3) is 3.13. The molecule has 9 nitrogen and oxygen atoms in total. The number of hydrogen-bond acceptors (Lipinski definition) is 5. The number of hydrogen-bond donors (Lipinski definition) is 2. The first-order valence-electron chi connectivity index (χ1n) is 10.5. The average Bonchev–Trinajstić information content (AvgIpc) is 3.37. The Balaban J connectivity index is 1.41. The van der Waals surface area contributed by atoms with Gasteiger partial charge in [-0.15, -0.1) is 5.10 Å². The zero-order valence-electron chi connectivity index (χ0n) is 17.7. The van der Waals surface area contributed by atoms with E-state index in [0.717, 1.165) is 5.56 Å². The fraction of sp³-hybridized carbons (Fsp3) is 0.261. The van der Waals surface area contributed by atoms with Crippen LogP contribution in [0.4, 0.5) is 11.6 Å². The standard InChI is InChI=1S/C23H22N6O3/c1-13(2)19-25-23(27-26-19)24-18(30)11-12-28-20-14-7-3-4-8-15(14)22(32)29(20)17-10-6-5-9-16(17)21(28)31/h3-10,13,20H,11-12H2,1-2H3,(H2,24,25,26,27,30). The number of para-hydroxylation sites is 1. The number of aromatic amines is 1. The van der Waals surface area contributed by atoms with E-state index in [4.69, 9.17) is 0 Å². The number of rotatable bonds is 5. The predicted molar refractivity (Wildman–Crippen MR) is 117 cm³/mol. The molecule has 3 amide bonds. The Bertz CT molecular complexity index is 1230. The lowest BCUT2D eigenvalue weighted by Crippen LogP contribution is -2.49. The number of H-pyrrole nitrogens is 1. The topological polar surface area (TPSA) is 111 Å². The highest BCUT2D eigenvalue weighted by Crippen LogP contribution is 2.45. The largest absolute Gasteiger partial charge is 0.313 e. The molecule has 2 aliphatic rings. The Morgan fingerprint density at radius 1 is 1.06 bits per heavy atom. The molecule has 1 atom stereocenters. The molecule has 2 aliphatic heterocycles. The molecule has 0 bridgehead atoms. The molecule has 32 heavy (non-hydrogen) atoms. The van der Waals surface area contributed by atoms with Crippen molar-refractivity contribution in [1.29, 1.82) is 0 Å². The quantitative estimate of drug-likeness (QED) is 0.646. The molecule has 0 radical (unpaired) electrons. The van der Waals surface area contributed by atoms with Crippen LogP contribution in [0.25, 0.3) is 0 Å². The first-order chi connectivity index (χ1) is 15.5. The molecule has 3 heterocycles. The Labute approximate surface area is 184 Å². The van der Waals surface area contributed by atoms with Crippen LogP contribution in [0, 0.1) is 0 Å². The van der Waals surface area contributed by atoms with E-state index in [1.807, 2.05) is 38.1 Å². The van der Waals surface area contributed by atoms with Crippen LogP contribution in [0.1, 0.15) is 64.5 Å². The van der Waals surface area contributed by atoms with Gasteiger partial charge in [-0.2, -0.15) is 4.98 Å². The van der Waals surface area contributed by atoms with Gasteiger partial charge >= 0.3 is 0 Å². The molecule has 1 unspecified atom stereocenters. The first-order valence-corrected chi connectivity index (χ1v) is 10.5. The third-order valence-electron chi connectivity index (χ3n) is 5.76. The molecule has 9 heteroatoms. The number of nitrogens with one attached hydrogen (secondary N) is 2. The molecule has 0 saturated carbocycles. The third-order valence-corrected chi connectivity index (χ3v) is 5.76. The Morgan fingerprint density at radius 3 is 2.53 bits per heavy atom. The lowest BCUT2D eigenvalue weighted by molar-refractivity contribution is -0.116. The summed E-state index contributed by atoms with van der Waals surface area (Å²) in [5.74, 6) is 0.373. The Hall–Kier alpha value is -4.01. The van der Waals surface area contributed by atoms with Crippen LogP contribution in [-0.4, -0.2) is 44.3 Å². The lowest BCUT2D eigenvalue weighted by Gasteiger charge is -2.40. The predicted octanol–water partition coefficient (Wildman–Crippen LogP) is 3.07. The lowest BCUT2D eigenvalue weighted by atomic mass is 10.0. The van der Waals surface area contributed by atoms with E-state index in [-0.39, 0.29) is 42.6 Å². The van der Waals surface area contributed by atoms with E-state index in [1.54, 1.807) is 34.1 Å². The van der Waals surface area contributed by atoms with Crippen molar-refractivity contribution in [3.63, 3.8) is 0 Å². The molecule has 1 aromatic heterocycles. The molecule has 2 N–H and O–H groups in total. The van der Waals surface area contributed by atoms with Gasteiger partial charge in [-0.05, 0) is 18.2 Å². The van der Waals surface area contributed by atoms with Crippen molar-refractivity contribution in [2.24, 2.45) is 0 Å². The normalized spacial score (nSPS) is 16.8. The van der Waals surface area contributed by atoms with Crippen LogP contribution in [-0.2, 0) is 4.79 Å². The summed E-state index contributed by atoms with van der Waals surface area (Å²) in [6.07, 6.45) is -0.537. The maximum absolute atomic E-state index is 13.4. The van der Waals surface area contributed by atoms with Crippen molar-refractivity contribution in [2.75, 3.05) is 16.8 Å². The molecule has 0 fully saturated rings. The summed E-state index contributed by atoms with van der Waals surface area (Å²) in [4.78, 5) is 46.6. The highest BCUT2D eigenvalue weighted by atomic mass is 16.2. The first kappa shape index (κ1) is 19.9. The SMILES string of the molecule is CC(C)c1nc(NC(=O)CCN2C(=O)c3ccccc3N3C(=O)c4ccccc4C23)n[nH]1. The van der Waals surface area contributed by atoms with Crippen molar-refractivity contribution in [1.82, 2.24) is 20.1 Å². The van der Waals surface area contributed by atoms with E-state index in [1.165, 1.54) is 0 Å². The Kier molecular flexibility index (Phi) is 4.73. The van der Waals surface area contributed by atoms with Crippen molar-refractivity contribution in [2.45, 2.75) is 32.4 Å². The minimum atomic E-state index is -0.579. The van der Waals surface area contributed by atoms with Gasteiger partial charge in [0.15, 0.2) is 0 Å². The second kappa shape index (κ2) is 7.60. The molecule has 3 aromatic rings. The molecular weight excluding hydrogens is 408 g/mol. The molecule has 0 aliphatic carbocycles. The summed E-state index contributed by atoms with van der Waals surface area (Å²) in [5, 5.41) is 9.47. The van der Waals surface area contributed by atoms with Crippen molar-refractivity contribution in [3.05, 3.63) is 71.0 Å². The molecule has 2 aromatic carbocycles. The second-order valence-corrected chi connectivity index (χ2v) is 8.15. The van der Waals surface area contributed by atoms with Gasteiger partial charge in [-0.1, -0.05) is 44.2 Å². The molecule has 0 spiro atoms. The minimum Gasteiger partial charge on any atom is -0.313 e. The molecule has 162 valence electrons. The number of anilines is 2. The fourth-order valence-corrected chi connectivity index (χ4v) is 4.20. The van der Waals surface area contributed by atoms with Crippen LogP contribution in [0.3, 0.4) is 0 Å². The van der Waals surface area contributed by atoms with Crippen molar-refractivity contribution in [3.8, 4) is 0 Å². The molecule has 0 saturated heterocycles. The van der Waals surface area contributed by atoms with Crippen molar-refractivity contribution < 1.29 is 14.4 Å². The van der Waals surface area contributed by atoms with E-state index >= 15 is 0 Å². The van der Waals surface area contributed by atoms with E-state index in [0.29, 0.717) is 22.6 Å². The second-order valence-electron chi connectivity index (χ2n) is 8.15. The fourth-order valence-electron chi connectivity index (χ4n) is 4.20. The monoisotopic (exact) mass is 430 g/mol. The van der Waals surface area contributed by atoms with Gasteiger partial charge < -0.3 is 4.90 Å². The van der Waals surface area contributed by atoms with Crippen LogP contribution in [0.5, 0.6) is 0 Å². The summed E-state index contributed by atoms with van der Waals surface area (Å²) in [6, 6.07) is 14.3. The summed E-state index contributed by atoms with van der Waals surface area (Å²) in [6.45, 7) is 4.08. The summed E-state index contributed by atoms with van der Waals surface area (Å²) >= 11 is 0. The smallest absolute Gasteiger partial charge is 0.260 e. The van der Waals surface area contributed by atoms with Crippen LogP contribution in [0.15, 0.2) is 48.5 Å². The van der Waals surface area contributed by atoms with E-state index in [2.05, 4.69) is 20.5 Å². The highest BCUT2D eigenvalue weighted by Gasteiger charge is 2.47. The average molecular weight is 430 g/mol. The summed E-state index contributed by atoms with van der Waals surface area (Å²) < 4.78 is 0. The van der Waals surface area contributed by atoms with Crippen molar-refractivity contribution >= 4 is 29.4 Å². The molecular formula is C23H22N6O3. The van der Waals surface area contributed by atoms with Gasteiger partial charge in [0.2, 0.25) is 11.9 Å². The number of fused-ring (bicyclic) bond motifs is 5. The number of nitrogens with zero attached hydrogens (tertiary/aromatic N) is 4. The van der Waals surface area contributed by atoms with Crippen LogP contribution < -0.4 is 10.2 Å². The van der Waals surface area contributed by atoms with Gasteiger partial charge in [0.25, 0.3) is 11.8 Å². The molecule has 5 rings (SSSR count). The number of benzene rings is 2. The summed E-state index contributed by atoms with van der Waals surface area (Å²) in [5.41, 5.74) is 2.36. The zero-order chi connectivity index (χ0) is 22.4. The maximum Gasteiger partial charge on any atom is 0.260 e. The zero-order valence-corrected chi connectivity index (χ0v) is 17.7. The highest BCUT2D eigenvalue weighted by molar-refractivity contribution is 6.16. The number of aromatic nitrogens is 3. The van der Waals surface area contributed by atoms with Crippen LogP contribution in [0.2, 0.25) is 0 Å². The van der Waals surface area contributed by atoms with Crippen LogP contribution >= 0.6 is 0 Å². The van der Waals surface area contributed by atoms with Gasteiger partial charge in [0, 0.05) is 30.0 Å². The minimum absolute atomic E-state index is 0.0418. The maximum atomic E-state index is 13.4. The summed E-state index contributed by atoms with van der Waals surface area (Å²) in [7, 11) is 0. The van der Waals surface area contributed by atoms with E-state index < -0.39 is 6.17 Å². The number of amides is 3. The van der Waals surface area contributed by atoms with E-state index in [9.17, 15) is 14.4 Å². The number of carbonyl (C=O) groups excluding carboxylic acids is 3. The number of carbonyl (C=O) groups is 3.